The van der Waals surface area contributed by atoms with Crippen molar-refractivity contribution in [3.63, 3.8) is 0 Å². The summed E-state index contributed by atoms with van der Waals surface area (Å²) in [6.45, 7) is 0.510. The minimum absolute atomic E-state index is 0.0653. The Bertz CT molecular complexity index is 827. The van der Waals surface area contributed by atoms with Gasteiger partial charge in [0.05, 0.1) is 6.20 Å². The summed E-state index contributed by atoms with van der Waals surface area (Å²) in [5, 5.41) is 9.64. The van der Waals surface area contributed by atoms with Crippen molar-refractivity contribution in [3.8, 4) is 11.6 Å². The average molecular weight is 353 g/mol. The first kappa shape index (κ1) is 16.5. The number of fused-ring (bicyclic) bond motifs is 1. The Morgan fingerprint density at radius 1 is 1.23 bits per heavy atom. The first-order chi connectivity index (χ1) is 12.6. The number of carboxylic acids is 1. The molecule has 1 N–H and O–H groups in total. The molecule has 3 atom stereocenters. The van der Waals surface area contributed by atoms with Gasteiger partial charge in [0.25, 0.3) is 5.91 Å². The van der Waals surface area contributed by atoms with Crippen molar-refractivity contribution in [2.24, 2.45) is 11.8 Å². The third-order valence-electron chi connectivity index (χ3n) is 5.25. The van der Waals surface area contributed by atoms with Crippen LogP contribution >= 0.6 is 0 Å². The molecular weight excluding hydrogens is 334 g/mol. The van der Waals surface area contributed by atoms with Crippen LogP contribution < -0.4 is 4.74 Å². The van der Waals surface area contributed by atoms with Gasteiger partial charge in [-0.1, -0.05) is 12.5 Å². The minimum Gasteiger partial charge on any atom is -0.480 e. The molecule has 1 saturated carbocycles. The summed E-state index contributed by atoms with van der Waals surface area (Å²) in [4.78, 5) is 34.2. The van der Waals surface area contributed by atoms with E-state index in [4.69, 9.17) is 4.74 Å². The molecule has 1 saturated heterocycles. The summed E-state index contributed by atoms with van der Waals surface area (Å²) >= 11 is 0. The topological polar surface area (TPSA) is 92.6 Å². The van der Waals surface area contributed by atoms with Crippen LogP contribution in [0.5, 0.6) is 11.6 Å². The first-order valence-electron chi connectivity index (χ1n) is 8.71. The third-order valence-corrected chi connectivity index (χ3v) is 5.25. The minimum atomic E-state index is -0.917. The summed E-state index contributed by atoms with van der Waals surface area (Å²) in [7, 11) is 0. The Morgan fingerprint density at radius 2 is 2.12 bits per heavy atom. The molecule has 0 radical (unpaired) electrons. The summed E-state index contributed by atoms with van der Waals surface area (Å²) in [5.74, 6) is -0.0375. The molecule has 2 aliphatic rings. The largest absolute Gasteiger partial charge is 0.480 e. The fraction of sp³-hybridized carbons (Fsp3) is 0.368. The van der Waals surface area contributed by atoms with Gasteiger partial charge in [0.1, 0.15) is 11.8 Å². The van der Waals surface area contributed by atoms with Crippen LogP contribution in [0.15, 0.2) is 42.9 Å². The zero-order valence-electron chi connectivity index (χ0n) is 14.1. The van der Waals surface area contributed by atoms with Crippen molar-refractivity contribution in [1.82, 2.24) is 14.9 Å². The number of carbonyl (C=O) groups is 2. The number of benzene rings is 1. The zero-order valence-corrected chi connectivity index (χ0v) is 14.1. The second-order valence-electron chi connectivity index (χ2n) is 6.77. The predicted molar refractivity (Wildman–Crippen MR) is 91.8 cm³/mol. The number of likely N-dealkylation sites (tertiary alicyclic amines) is 1. The lowest BCUT2D eigenvalue weighted by Crippen LogP contribution is -2.43. The highest BCUT2D eigenvalue weighted by Crippen LogP contribution is 2.42. The number of carboxylic acid groups (broad SMARTS) is 1. The van der Waals surface area contributed by atoms with Crippen molar-refractivity contribution < 1.29 is 19.4 Å². The van der Waals surface area contributed by atoms with Crippen LogP contribution in [0, 0.1) is 11.8 Å². The highest BCUT2D eigenvalue weighted by atomic mass is 16.5. The van der Waals surface area contributed by atoms with E-state index in [0.717, 1.165) is 19.3 Å². The van der Waals surface area contributed by atoms with Crippen molar-refractivity contribution >= 4 is 11.9 Å². The van der Waals surface area contributed by atoms with E-state index in [-0.39, 0.29) is 11.8 Å². The third kappa shape index (κ3) is 3.00. The number of hydrogen-bond acceptors (Lipinski definition) is 5. The van der Waals surface area contributed by atoms with Crippen LogP contribution in [-0.2, 0) is 4.79 Å². The van der Waals surface area contributed by atoms with Crippen molar-refractivity contribution in [3.05, 3.63) is 48.4 Å². The Hall–Kier alpha value is -2.96. The predicted octanol–water partition coefficient (Wildman–Crippen LogP) is 2.59. The van der Waals surface area contributed by atoms with Crippen molar-refractivity contribution in [2.45, 2.75) is 25.3 Å². The van der Waals surface area contributed by atoms with E-state index in [0.29, 0.717) is 29.7 Å². The number of nitrogens with zero attached hydrogens (tertiary/aromatic N) is 3. The molecule has 7 heteroatoms. The number of aromatic nitrogens is 2. The zero-order chi connectivity index (χ0) is 18.1. The monoisotopic (exact) mass is 353 g/mol. The Kier molecular flexibility index (Phi) is 4.28. The van der Waals surface area contributed by atoms with Crippen LogP contribution in [0.25, 0.3) is 0 Å². The van der Waals surface area contributed by atoms with Crippen LogP contribution in [0.3, 0.4) is 0 Å². The van der Waals surface area contributed by atoms with E-state index in [1.54, 1.807) is 30.5 Å². The maximum atomic E-state index is 13.0. The molecule has 1 aliphatic heterocycles. The van der Waals surface area contributed by atoms with Crippen molar-refractivity contribution in [1.29, 1.82) is 0 Å². The lowest BCUT2D eigenvalue weighted by Gasteiger charge is -2.24. The molecule has 2 aromatic rings. The van der Waals surface area contributed by atoms with E-state index >= 15 is 0 Å². The Labute approximate surface area is 150 Å². The van der Waals surface area contributed by atoms with Gasteiger partial charge in [-0.25, -0.2) is 9.78 Å². The Balaban J connectivity index is 1.56. The molecule has 1 aromatic carbocycles. The van der Waals surface area contributed by atoms with E-state index in [1.165, 1.54) is 17.3 Å². The molecule has 26 heavy (non-hydrogen) atoms. The fourth-order valence-corrected chi connectivity index (χ4v) is 4.15. The van der Waals surface area contributed by atoms with Gasteiger partial charge in [0.15, 0.2) is 0 Å². The van der Waals surface area contributed by atoms with E-state index in [2.05, 4.69) is 9.97 Å². The number of ether oxygens (including phenoxy) is 1. The van der Waals surface area contributed by atoms with E-state index in [9.17, 15) is 14.7 Å². The second-order valence-corrected chi connectivity index (χ2v) is 6.77. The highest BCUT2D eigenvalue weighted by Gasteiger charge is 2.49. The van der Waals surface area contributed by atoms with Gasteiger partial charge in [-0.05, 0) is 42.9 Å². The van der Waals surface area contributed by atoms with Crippen molar-refractivity contribution in [2.75, 3.05) is 6.54 Å². The van der Waals surface area contributed by atoms with Crippen LogP contribution in [0.4, 0.5) is 0 Å². The van der Waals surface area contributed by atoms with E-state index in [1.807, 2.05) is 0 Å². The molecule has 2 fully saturated rings. The molecular formula is C19H19N3O4. The standard InChI is InChI=1S/C19H19N3O4/c23-18(22-11-13-4-2-6-15(13)17(22)19(24)25)12-3-1-5-14(9-12)26-16-10-20-7-8-21-16/h1,3,5,7-10,13,15,17H,2,4,6,11H2,(H,24,25). The molecule has 0 spiro atoms. The molecule has 4 rings (SSSR count). The maximum Gasteiger partial charge on any atom is 0.326 e. The molecule has 2 heterocycles. The number of amides is 1. The summed E-state index contributed by atoms with van der Waals surface area (Å²) in [6.07, 6.45) is 7.46. The average Bonchev–Trinajstić information content (AvgIpc) is 3.22. The lowest BCUT2D eigenvalue weighted by atomic mass is 9.94. The molecule has 3 unspecified atom stereocenters. The number of rotatable bonds is 4. The van der Waals surface area contributed by atoms with Gasteiger partial charge >= 0.3 is 5.97 Å². The van der Waals surface area contributed by atoms with Crippen LogP contribution in [-0.4, -0.2) is 44.4 Å². The van der Waals surface area contributed by atoms with Crippen LogP contribution in [0.2, 0.25) is 0 Å². The summed E-state index contributed by atoms with van der Waals surface area (Å²) < 4.78 is 5.62. The number of hydrogen-bond donors (Lipinski definition) is 1. The SMILES string of the molecule is O=C(O)C1C2CCCC2CN1C(=O)c1cccc(Oc2cnccn2)c1. The molecule has 1 aromatic heterocycles. The molecule has 1 amide bonds. The summed E-state index contributed by atoms with van der Waals surface area (Å²) in [6, 6.07) is 5.99. The second kappa shape index (κ2) is 6.74. The van der Waals surface area contributed by atoms with Gasteiger partial charge in [0, 0.05) is 24.5 Å². The smallest absolute Gasteiger partial charge is 0.326 e. The molecule has 0 bridgehead atoms. The van der Waals surface area contributed by atoms with Gasteiger partial charge < -0.3 is 14.7 Å². The molecule has 134 valence electrons. The number of aliphatic carboxylic acids is 1. The van der Waals surface area contributed by atoms with Gasteiger partial charge in [-0.2, -0.15) is 0 Å². The summed E-state index contributed by atoms with van der Waals surface area (Å²) in [5.41, 5.74) is 0.414. The van der Waals surface area contributed by atoms with Crippen LogP contribution in [0.1, 0.15) is 29.6 Å². The first-order valence-corrected chi connectivity index (χ1v) is 8.71. The lowest BCUT2D eigenvalue weighted by molar-refractivity contribution is -0.142. The Morgan fingerprint density at radius 3 is 2.88 bits per heavy atom. The number of carbonyl (C=O) groups excluding carboxylic acids is 1. The highest BCUT2D eigenvalue weighted by molar-refractivity contribution is 5.97. The van der Waals surface area contributed by atoms with E-state index < -0.39 is 12.0 Å². The maximum absolute atomic E-state index is 13.0. The van der Waals surface area contributed by atoms with Gasteiger partial charge in [0.2, 0.25) is 5.88 Å². The normalized spacial score (nSPS) is 24.3. The molecule has 7 nitrogen and oxygen atoms in total. The van der Waals surface area contributed by atoms with Gasteiger partial charge in [-0.15, -0.1) is 0 Å². The fourth-order valence-electron chi connectivity index (χ4n) is 4.15. The quantitative estimate of drug-likeness (QED) is 0.908. The molecule has 1 aliphatic carbocycles. The van der Waals surface area contributed by atoms with Gasteiger partial charge in [-0.3, -0.25) is 9.78 Å².